The Balaban J connectivity index is 1.55. The van der Waals surface area contributed by atoms with E-state index < -0.39 is 0 Å². The highest BCUT2D eigenvalue weighted by molar-refractivity contribution is 5.82. The molecule has 0 unspecified atom stereocenters. The van der Waals surface area contributed by atoms with Gasteiger partial charge < -0.3 is 14.5 Å². The van der Waals surface area contributed by atoms with Gasteiger partial charge in [-0.3, -0.25) is 9.59 Å². The van der Waals surface area contributed by atoms with Gasteiger partial charge in [0.15, 0.2) is 0 Å². The van der Waals surface area contributed by atoms with Crippen molar-refractivity contribution in [3.63, 3.8) is 0 Å². The Labute approximate surface area is 155 Å². The molecule has 3 heterocycles. The minimum atomic E-state index is -0.143. The van der Waals surface area contributed by atoms with E-state index in [-0.39, 0.29) is 29.2 Å². The van der Waals surface area contributed by atoms with Crippen LogP contribution >= 0.6 is 0 Å². The number of likely N-dealkylation sites (tertiary alicyclic amines) is 2. The lowest BCUT2D eigenvalue weighted by atomic mass is 9.73. The Hall–Kier alpha value is -1.88. The largest absolute Gasteiger partial charge is 0.381 e. The fraction of sp³-hybridized carbons (Fsp3) is 0.619. The zero-order valence-electron chi connectivity index (χ0n) is 15.5. The molecule has 26 heavy (non-hydrogen) atoms. The maximum Gasteiger partial charge on any atom is 0.228 e. The molecule has 3 saturated heterocycles. The molecular formula is C21H28N2O3. The average molecular weight is 356 g/mol. The molecule has 2 amide bonds. The predicted molar refractivity (Wildman–Crippen MR) is 98.7 cm³/mol. The van der Waals surface area contributed by atoms with Crippen molar-refractivity contribution in [3.05, 3.63) is 35.9 Å². The maximum absolute atomic E-state index is 12.7. The maximum atomic E-state index is 12.7. The Morgan fingerprint density at radius 2 is 1.96 bits per heavy atom. The van der Waals surface area contributed by atoms with Crippen LogP contribution in [0.4, 0.5) is 0 Å². The van der Waals surface area contributed by atoms with Gasteiger partial charge in [0.1, 0.15) is 0 Å². The Kier molecular flexibility index (Phi) is 4.74. The van der Waals surface area contributed by atoms with Crippen LogP contribution in [-0.4, -0.2) is 60.0 Å². The average Bonchev–Trinajstić information content (AvgIpc) is 3.30. The van der Waals surface area contributed by atoms with Gasteiger partial charge in [-0.2, -0.15) is 0 Å². The van der Waals surface area contributed by atoms with E-state index in [2.05, 4.69) is 36.1 Å². The number of nitrogens with zero attached hydrogens (tertiary/aromatic N) is 2. The third kappa shape index (κ3) is 2.82. The number of hydrogen-bond acceptors (Lipinski definition) is 3. The van der Waals surface area contributed by atoms with Crippen molar-refractivity contribution in [1.82, 2.24) is 9.80 Å². The molecule has 1 aromatic carbocycles. The summed E-state index contributed by atoms with van der Waals surface area (Å²) in [7, 11) is 0. The second-order valence-electron chi connectivity index (χ2n) is 7.79. The lowest BCUT2D eigenvalue weighted by Gasteiger charge is -2.48. The van der Waals surface area contributed by atoms with Crippen molar-refractivity contribution >= 4 is 11.8 Å². The van der Waals surface area contributed by atoms with E-state index in [1.165, 1.54) is 5.56 Å². The Morgan fingerprint density at radius 3 is 2.58 bits per heavy atom. The summed E-state index contributed by atoms with van der Waals surface area (Å²) in [6.45, 7) is 5.55. The third-order valence-electron chi connectivity index (χ3n) is 6.60. The first kappa shape index (κ1) is 17.5. The fourth-order valence-electron chi connectivity index (χ4n) is 5.24. The predicted octanol–water partition coefficient (Wildman–Crippen LogP) is 2.42. The van der Waals surface area contributed by atoms with Crippen molar-refractivity contribution in [3.8, 4) is 0 Å². The quantitative estimate of drug-likeness (QED) is 0.836. The molecule has 3 aliphatic heterocycles. The van der Waals surface area contributed by atoms with Crippen LogP contribution in [0.25, 0.3) is 0 Å². The van der Waals surface area contributed by atoms with Gasteiger partial charge in [-0.05, 0) is 31.7 Å². The summed E-state index contributed by atoms with van der Waals surface area (Å²) in [6, 6.07) is 10.4. The second kappa shape index (κ2) is 7.03. The Morgan fingerprint density at radius 1 is 1.23 bits per heavy atom. The van der Waals surface area contributed by atoms with Crippen molar-refractivity contribution in [2.45, 2.75) is 44.1 Å². The van der Waals surface area contributed by atoms with E-state index in [1.807, 2.05) is 11.0 Å². The van der Waals surface area contributed by atoms with E-state index in [4.69, 9.17) is 4.74 Å². The van der Waals surface area contributed by atoms with Crippen LogP contribution in [0.15, 0.2) is 30.3 Å². The summed E-state index contributed by atoms with van der Waals surface area (Å²) in [6.07, 6.45) is 3.16. The number of piperidine rings is 1. The molecule has 0 bridgehead atoms. The summed E-state index contributed by atoms with van der Waals surface area (Å²) in [5, 5.41) is 0. The lowest BCUT2D eigenvalue weighted by molar-refractivity contribution is -0.139. The van der Waals surface area contributed by atoms with E-state index >= 15 is 0 Å². The SMILES string of the molecule is CCN1C(=O)C[C@H](c2ccccc2)C12CCN(C(=O)[C@H]1CCOC1)CC2. The molecule has 1 aromatic rings. The summed E-state index contributed by atoms with van der Waals surface area (Å²) >= 11 is 0. The van der Waals surface area contributed by atoms with Crippen molar-refractivity contribution in [2.75, 3.05) is 32.8 Å². The molecule has 1 spiro atoms. The highest BCUT2D eigenvalue weighted by Crippen LogP contribution is 2.48. The van der Waals surface area contributed by atoms with Gasteiger partial charge in [0.25, 0.3) is 0 Å². The first-order valence-electron chi connectivity index (χ1n) is 9.87. The smallest absolute Gasteiger partial charge is 0.228 e. The molecule has 4 rings (SSSR count). The van der Waals surface area contributed by atoms with Gasteiger partial charge in [0.2, 0.25) is 11.8 Å². The highest BCUT2D eigenvalue weighted by atomic mass is 16.5. The minimum absolute atomic E-state index is 0.0291. The van der Waals surface area contributed by atoms with E-state index in [0.29, 0.717) is 19.6 Å². The molecule has 0 aromatic heterocycles. The van der Waals surface area contributed by atoms with Crippen molar-refractivity contribution in [2.24, 2.45) is 5.92 Å². The normalized spacial score (nSPS) is 28.1. The molecule has 0 radical (unpaired) electrons. The van der Waals surface area contributed by atoms with Crippen LogP contribution in [0, 0.1) is 5.92 Å². The summed E-state index contributed by atoms with van der Waals surface area (Å²) < 4.78 is 5.39. The fourth-order valence-corrected chi connectivity index (χ4v) is 5.24. The van der Waals surface area contributed by atoms with Gasteiger partial charge >= 0.3 is 0 Å². The zero-order chi connectivity index (χ0) is 18.1. The second-order valence-corrected chi connectivity index (χ2v) is 7.79. The number of carbonyl (C=O) groups excluding carboxylic acids is 2. The van der Waals surface area contributed by atoms with Crippen LogP contribution in [0.5, 0.6) is 0 Å². The van der Waals surface area contributed by atoms with Gasteiger partial charge in [0, 0.05) is 38.6 Å². The molecule has 0 saturated carbocycles. The number of ether oxygens (including phenoxy) is 1. The number of hydrogen-bond donors (Lipinski definition) is 0. The molecule has 3 fully saturated rings. The van der Waals surface area contributed by atoms with E-state index in [0.717, 1.165) is 38.9 Å². The Bertz CT molecular complexity index is 661. The van der Waals surface area contributed by atoms with Crippen molar-refractivity contribution < 1.29 is 14.3 Å². The highest BCUT2D eigenvalue weighted by Gasteiger charge is 2.54. The van der Waals surface area contributed by atoms with Gasteiger partial charge in [-0.25, -0.2) is 0 Å². The van der Waals surface area contributed by atoms with Crippen LogP contribution in [0.3, 0.4) is 0 Å². The van der Waals surface area contributed by atoms with Crippen LogP contribution in [0.2, 0.25) is 0 Å². The van der Waals surface area contributed by atoms with Crippen molar-refractivity contribution in [1.29, 1.82) is 0 Å². The molecule has 2 atom stereocenters. The van der Waals surface area contributed by atoms with Gasteiger partial charge in [-0.15, -0.1) is 0 Å². The standard InChI is InChI=1S/C21H28N2O3/c1-2-23-19(24)14-18(16-6-4-3-5-7-16)21(23)9-11-22(12-10-21)20(25)17-8-13-26-15-17/h3-7,17-18H,2,8-15H2,1H3/t17-,18+/m0/s1. The number of carbonyl (C=O) groups is 2. The van der Waals surface area contributed by atoms with E-state index in [9.17, 15) is 9.59 Å². The number of likely N-dealkylation sites (N-methyl/N-ethyl adjacent to an activating group) is 1. The third-order valence-corrected chi connectivity index (χ3v) is 6.60. The number of benzene rings is 1. The van der Waals surface area contributed by atoms with Gasteiger partial charge in [-0.1, -0.05) is 30.3 Å². The van der Waals surface area contributed by atoms with Crippen LogP contribution < -0.4 is 0 Å². The van der Waals surface area contributed by atoms with Crippen LogP contribution in [0.1, 0.15) is 44.1 Å². The lowest BCUT2D eigenvalue weighted by Crippen LogP contribution is -2.56. The molecule has 5 nitrogen and oxygen atoms in total. The van der Waals surface area contributed by atoms with Crippen LogP contribution in [-0.2, 0) is 14.3 Å². The number of amides is 2. The van der Waals surface area contributed by atoms with Gasteiger partial charge in [0.05, 0.1) is 18.1 Å². The topological polar surface area (TPSA) is 49.9 Å². The monoisotopic (exact) mass is 356 g/mol. The molecule has 0 N–H and O–H groups in total. The number of rotatable bonds is 3. The molecular weight excluding hydrogens is 328 g/mol. The zero-order valence-corrected chi connectivity index (χ0v) is 15.5. The summed E-state index contributed by atoms with van der Waals surface area (Å²) in [5.41, 5.74) is 1.11. The summed E-state index contributed by atoms with van der Waals surface area (Å²) in [4.78, 5) is 29.5. The first-order valence-corrected chi connectivity index (χ1v) is 9.87. The molecule has 3 aliphatic rings. The van der Waals surface area contributed by atoms with E-state index in [1.54, 1.807) is 0 Å². The molecule has 0 aliphatic carbocycles. The minimum Gasteiger partial charge on any atom is -0.381 e. The summed E-state index contributed by atoms with van der Waals surface area (Å²) in [5.74, 6) is 0.746. The molecule has 140 valence electrons. The molecule has 5 heteroatoms. The first-order chi connectivity index (χ1) is 12.7.